The number of rotatable bonds is 2. The lowest BCUT2D eigenvalue weighted by Crippen LogP contribution is -2.52. The molecule has 0 aromatic carbocycles. The molecule has 7 nitrogen and oxygen atoms in total. The van der Waals surface area contributed by atoms with Crippen LogP contribution in [0.25, 0.3) is 0 Å². The van der Waals surface area contributed by atoms with Gasteiger partial charge in [0.15, 0.2) is 6.29 Å². The van der Waals surface area contributed by atoms with Crippen LogP contribution >= 0.6 is 0 Å². The molecule has 3 aliphatic heterocycles. The molecular formula is C18H30N2O5. The summed E-state index contributed by atoms with van der Waals surface area (Å²) in [5.41, 5.74) is -0.555. The summed E-state index contributed by atoms with van der Waals surface area (Å²) in [6.45, 7) is 8.74. The fourth-order valence-electron chi connectivity index (χ4n) is 3.85. The molecule has 3 saturated heterocycles. The Morgan fingerprint density at radius 1 is 1.04 bits per heavy atom. The van der Waals surface area contributed by atoms with Crippen molar-refractivity contribution in [2.24, 2.45) is 5.92 Å². The van der Waals surface area contributed by atoms with Crippen molar-refractivity contribution < 1.29 is 23.8 Å². The van der Waals surface area contributed by atoms with E-state index in [9.17, 15) is 9.59 Å². The Bertz CT molecular complexity index is 498. The van der Waals surface area contributed by atoms with Gasteiger partial charge in [-0.15, -0.1) is 0 Å². The summed E-state index contributed by atoms with van der Waals surface area (Å²) in [4.78, 5) is 28.9. The molecule has 0 bridgehead atoms. The Kier molecular flexibility index (Phi) is 5.53. The second-order valence-electron chi connectivity index (χ2n) is 8.13. The number of likely N-dealkylation sites (tertiary alicyclic amines) is 2. The number of nitrogens with zero attached hydrogens (tertiary/aromatic N) is 2. The van der Waals surface area contributed by atoms with Crippen LogP contribution < -0.4 is 0 Å². The lowest BCUT2D eigenvalue weighted by atomic mass is 9.96. The van der Waals surface area contributed by atoms with Gasteiger partial charge < -0.3 is 19.1 Å². The molecule has 2 unspecified atom stereocenters. The molecule has 3 aliphatic rings. The van der Waals surface area contributed by atoms with Crippen LogP contribution in [-0.4, -0.2) is 72.6 Å². The van der Waals surface area contributed by atoms with Crippen molar-refractivity contribution in [1.29, 1.82) is 0 Å². The maximum absolute atomic E-state index is 13.0. The first kappa shape index (κ1) is 18.5. The topological polar surface area (TPSA) is 68.3 Å². The fraction of sp³-hybridized carbons (Fsp3) is 0.889. The van der Waals surface area contributed by atoms with E-state index in [1.807, 2.05) is 25.7 Å². The van der Waals surface area contributed by atoms with Gasteiger partial charge in [0, 0.05) is 25.6 Å². The van der Waals surface area contributed by atoms with Gasteiger partial charge in [0.25, 0.3) is 0 Å². The van der Waals surface area contributed by atoms with Crippen LogP contribution in [0.3, 0.4) is 0 Å². The number of amides is 2. The van der Waals surface area contributed by atoms with E-state index in [0.29, 0.717) is 32.7 Å². The second-order valence-corrected chi connectivity index (χ2v) is 8.13. The van der Waals surface area contributed by atoms with Crippen LogP contribution in [0.15, 0.2) is 0 Å². The van der Waals surface area contributed by atoms with Crippen molar-refractivity contribution in [1.82, 2.24) is 9.80 Å². The van der Waals surface area contributed by atoms with Crippen molar-refractivity contribution in [2.75, 3.05) is 32.8 Å². The van der Waals surface area contributed by atoms with Crippen LogP contribution in [0.5, 0.6) is 0 Å². The monoisotopic (exact) mass is 354 g/mol. The van der Waals surface area contributed by atoms with Gasteiger partial charge >= 0.3 is 6.09 Å². The molecule has 0 spiro atoms. The Morgan fingerprint density at radius 2 is 1.72 bits per heavy atom. The molecule has 0 N–H and O–H groups in total. The highest BCUT2D eigenvalue weighted by Gasteiger charge is 2.41. The molecule has 3 rings (SSSR count). The third-order valence-corrected chi connectivity index (χ3v) is 4.97. The van der Waals surface area contributed by atoms with Crippen molar-refractivity contribution in [2.45, 2.75) is 64.4 Å². The zero-order chi connectivity index (χ0) is 18.0. The summed E-state index contributed by atoms with van der Waals surface area (Å²) >= 11 is 0. The largest absolute Gasteiger partial charge is 0.444 e. The Morgan fingerprint density at radius 3 is 2.40 bits per heavy atom. The second kappa shape index (κ2) is 7.50. The molecule has 25 heavy (non-hydrogen) atoms. The predicted molar refractivity (Wildman–Crippen MR) is 91.0 cm³/mol. The summed E-state index contributed by atoms with van der Waals surface area (Å²) in [7, 11) is 0. The molecule has 2 atom stereocenters. The molecule has 2 amide bonds. The van der Waals surface area contributed by atoms with Gasteiger partial charge in [-0.05, 0) is 46.5 Å². The maximum atomic E-state index is 13.0. The van der Waals surface area contributed by atoms with E-state index in [1.165, 1.54) is 0 Å². The van der Waals surface area contributed by atoms with Crippen molar-refractivity contribution in [3.05, 3.63) is 0 Å². The minimum atomic E-state index is -0.555. The Labute approximate surface area is 149 Å². The van der Waals surface area contributed by atoms with E-state index in [0.717, 1.165) is 25.8 Å². The van der Waals surface area contributed by atoms with Gasteiger partial charge in [-0.25, -0.2) is 4.79 Å². The first-order valence-corrected chi connectivity index (χ1v) is 9.37. The smallest absolute Gasteiger partial charge is 0.410 e. The van der Waals surface area contributed by atoms with Gasteiger partial charge in [-0.2, -0.15) is 0 Å². The lowest BCUT2D eigenvalue weighted by molar-refractivity contribution is -0.143. The quantitative estimate of drug-likeness (QED) is 0.759. The van der Waals surface area contributed by atoms with Crippen molar-refractivity contribution in [3.63, 3.8) is 0 Å². The maximum Gasteiger partial charge on any atom is 0.410 e. The predicted octanol–water partition coefficient (Wildman–Crippen LogP) is 2.00. The number of hydrogen-bond acceptors (Lipinski definition) is 5. The SMILES string of the molecule is CC(C)(C)OC(=O)N1CCCC1C(=O)N1CCCC(C2OCCO2)C1. The van der Waals surface area contributed by atoms with Gasteiger partial charge in [0.2, 0.25) is 5.91 Å². The zero-order valence-corrected chi connectivity index (χ0v) is 15.5. The summed E-state index contributed by atoms with van der Waals surface area (Å²) in [5.74, 6) is 0.252. The standard InChI is InChI=1S/C18H30N2O5/c1-18(2,3)25-17(22)20-9-5-7-14(20)15(21)19-8-4-6-13(12-19)16-23-10-11-24-16/h13-14,16H,4-12H2,1-3H3. The highest BCUT2D eigenvalue weighted by atomic mass is 16.7. The number of ether oxygens (including phenoxy) is 3. The van der Waals surface area contributed by atoms with Crippen LogP contribution in [0.2, 0.25) is 0 Å². The highest BCUT2D eigenvalue weighted by Crippen LogP contribution is 2.28. The molecule has 142 valence electrons. The number of hydrogen-bond donors (Lipinski definition) is 0. The van der Waals surface area contributed by atoms with Crippen molar-refractivity contribution in [3.8, 4) is 0 Å². The van der Waals surface area contributed by atoms with Gasteiger partial charge in [-0.1, -0.05) is 0 Å². The number of carbonyl (C=O) groups excluding carboxylic acids is 2. The van der Waals surface area contributed by atoms with Gasteiger partial charge in [0.1, 0.15) is 11.6 Å². The van der Waals surface area contributed by atoms with Gasteiger partial charge in [-0.3, -0.25) is 9.69 Å². The molecule has 7 heteroatoms. The average molecular weight is 354 g/mol. The third kappa shape index (κ3) is 4.44. The van der Waals surface area contributed by atoms with E-state index in [2.05, 4.69) is 0 Å². The van der Waals surface area contributed by atoms with Crippen LogP contribution in [-0.2, 0) is 19.0 Å². The average Bonchev–Trinajstić information content (AvgIpc) is 3.24. The minimum absolute atomic E-state index is 0.0334. The van der Waals surface area contributed by atoms with Crippen LogP contribution in [0.1, 0.15) is 46.5 Å². The minimum Gasteiger partial charge on any atom is -0.444 e. The number of carbonyl (C=O) groups is 2. The molecule has 0 aliphatic carbocycles. The van der Waals surface area contributed by atoms with Crippen molar-refractivity contribution >= 4 is 12.0 Å². The van der Waals surface area contributed by atoms with Crippen LogP contribution in [0.4, 0.5) is 4.79 Å². The first-order valence-electron chi connectivity index (χ1n) is 9.37. The number of piperidine rings is 1. The van der Waals surface area contributed by atoms with E-state index < -0.39 is 11.6 Å². The highest BCUT2D eigenvalue weighted by molar-refractivity contribution is 5.86. The Balaban J connectivity index is 1.61. The summed E-state index contributed by atoms with van der Waals surface area (Å²) in [6, 6.07) is -0.404. The molecular weight excluding hydrogens is 324 g/mol. The lowest BCUT2D eigenvalue weighted by Gasteiger charge is -2.37. The molecule has 3 fully saturated rings. The molecule has 3 heterocycles. The van der Waals surface area contributed by atoms with Gasteiger partial charge in [0.05, 0.1) is 13.2 Å². The normalized spacial score (nSPS) is 28.4. The summed E-state index contributed by atoms with van der Waals surface area (Å²) in [5, 5.41) is 0. The fourth-order valence-corrected chi connectivity index (χ4v) is 3.85. The molecule has 0 saturated carbocycles. The van der Waals surface area contributed by atoms with E-state index >= 15 is 0 Å². The van der Waals surface area contributed by atoms with E-state index in [1.54, 1.807) is 4.90 Å². The zero-order valence-electron chi connectivity index (χ0n) is 15.5. The van der Waals surface area contributed by atoms with E-state index in [-0.39, 0.29) is 24.2 Å². The third-order valence-electron chi connectivity index (χ3n) is 4.97. The molecule has 0 radical (unpaired) electrons. The summed E-state index contributed by atoms with van der Waals surface area (Å²) < 4.78 is 16.7. The molecule has 0 aromatic heterocycles. The molecule has 0 aromatic rings. The van der Waals surface area contributed by atoms with Crippen LogP contribution in [0, 0.1) is 5.92 Å². The Hall–Kier alpha value is -1.34. The summed E-state index contributed by atoms with van der Waals surface area (Å²) in [6.07, 6.45) is 2.91. The first-order chi connectivity index (χ1) is 11.8. The van der Waals surface area contributed by atoms with E-state index in [4.69, 9.17) is 14.2 Å².